The van der Waals surface area contributed by atoms with Gasteiger partial charge in [-0.15, -0.1) is 11.8 Å². The minimum Gasteiger partial charge on any atom is -0.324 e. The molecule has 1 aliphatic heterocycles. The highest BCUT2D eigenvalue weighted by atomic mass is 32.2. The Labute approximate surface area is 237 Å². The number of rotatable bonds is 4. The largest absolute Gasteiger partial charge is 0.324 e. The monoisotopic (exact) mass is 554 g/mol. The van der Waals surface area contributed by atoms with Gasteiger partial charge in [0, 0.05) is 27.1 Å². The minimum atomic E-state index is -0.157. The van der Waals surface area contributed by atoms with E-state index < -0.39 is 0 Å². The number of amides is 1. The first-order chi connectivity index (χ1) is 18.8. The molecule has 2 heterocycles. The molecule has 39 heavy (non-hydrogen) atoms. The number of carbonyl (C=O) groups excluding carboxylic acids is 1. The number of carbonyl (C=O) groups is 1. The molecule has 0 saturated heterocycles. The summed E-state index contributed by atoms with van der Waals surface area (Å²) in [5.74, 6) is 2.08. The van der Waals surface area contributed by atoms with Gasteiger partial charge in [-0.2, -0.15) is 0 Å². The number of anilines is 1. The van der Waals surface area contributed by atoms with Gasteiger partial charge in [0.1, 0.15) is 6.54 Å². The average Bonchev–Trinajstić information content (AvgIpc) is 3.62. The number of hydrogen-bond acceptors (Lipinski definition) is 4. The normalized spacial score (nSPS) is 25.5. The van der Waals surface area contributed by atoms with Crippen LogP contribution in [0, 0.1) is 17.8 Å². The fourth-order valence-electron chi connectivity index (χ4n) is 7.32. The van der Waals surface area contributed by atoms with Gasteiger partial charge in [-0.05, 0) is 65.0 Å². The second-order valence-electron chi connectivity index (χ2n) is 12.5. The maximum Gasteiger partial charge on any atom is 0.308 e. The van der Waals surface area contributed by atoms with Gasteiger partial charge in [0.25, 0.3) is 0 Å². The predicted molar refractivity (Wildman–Crippen MR) is 162 cm³/mol. The second-order valence-corrected chi connectivity index (χ2v) is 14.7. The summed E-state index contributed by atoms with van der Waals surface area (Å²) in [6, 6.07) is 23.1. The van der Waals surface area contributed by atoms with E-state index >= 15 is 0 Å². The Balaban J connectivity index is 1.24. The molecular formula is C33H34N2O2S2. The third-order valence-corrected chi connectivity index (χ3v) is 12.0. The highest BCUT2D eigenvalue weighted by molar-refractivity contribution is 8.00. The van der Waals surface area contributed by atoms with Crippen LogP contribution < -0.4 is 10.2 Å². The highest BCUT2D eigenvalue weighted by Crippen LogP contribution is 2.64. The molecule has 7 rings (SSSR count). The van der Waals surface area contributed by atoms with Crippen molar-refractivity contribution in [2.75, 3.05) is 5.32 Å². The van der Waals surface area contributed by atoms with Crippen molar-refractivity contribution in [1.82, 2.24) is 4.57 Å². The number of nitrogens with zero attached hydrogens (tertiary/aromatic N) is 1. The Morgan fingerprint density at radius 2 is 1.72 bits per heavy atom. The molecule has 1 N–H and O–H groups in total. The molecule has 0 spiro atoms. The molecule has 2 saturated carbocycles. The number of benzene rings is 3. The van der Waals surface area contributed by atoms with Crippen molar-refractivity contribution in [3.8, 4) is 0 Å². The third kappa shape index (κ3) is 4.27. The number of thiazole rings is 1. The van der Waals surface area contributed by atoms with Crippen LogP contribution in [0.1, 0.15) is 62.0 Å². The zero-order valence-electron chi connectivity index (χ0n) is 22.6. The Kier molecular flexibility index (Phi) is 6.05. The van der Waals surface area contributed by atoms with Crippen LogP contribution in [0.2, 0.25) is 0 Å². The van der Waals surface area contributed by atoms with Crippen molar-refractivity contribution in [3.05, 3.63) is 92.4 Å². The van der Waals surface area contributed by atoms with Crippen molar-refractivity contribution in [2.24, 2.45) is 17.8 Å². The summed E-state index contributed by atoms with van der Waals surface area (Å²) < 4.78 is 1.75. The Morgan fingerprint density at radius 3 is 2.51 bits per heavy atom. The molecule has 6 heteroatoms. The smallest absolute Gasteiger partial charge is 0.308 e. The first kappa shape index (κ1) is 25.2. The van der Waals surface area contributed by atoms with E-state index in [1.54, 1.807) is 4.57 Å². The SMILES string of the molecule is CC(C)(C)c1ccc([C@H]2c3sc(=O)n(CC(=O)Nc4cccc5ccccc45)c3SC3C4CCC(C4)C32)cc1. The molecule has 4 unspecified atom stereocenters. The lowest BCUT2D eigenvalue weighted by Crippen LogP contribution is -2.35. The topological polar surface area (TPSA) is 51.1 Å². The van der Waals surface area contributed by atoms with Crippen molar-refractivity contribution in [1.29, 1.82) is 0 Å². The van der Waals surface area contributed by atoms with Gasteiger partial charge in [0.05, 0.1) is 5.03 Å². The van der Waals surface area contributed by atoms with E-state index in [9.17, 15) is 9.59 Å². The van der Waals surface area contributed by atoms with Crippen molar-refractivity contribution in [3.63, 3.8) is 0 Å². The zero-order chi connectivity index (χ0) is 26.9. The van der Waals surface area contributed by atoms with E-state index in [4.69, 9.17) is 0 Å². The zero-order valence-corrected chi connectivity index (χ0v) is 24.3. The Morgan fingerprint density at radius 1 is 0.974 bits per heavy atom. The lowest BCUT2D eigenvalue weighted by atomic mass is 9.74. The van der Waals surface area contributed by atoms with E-state index in [-0.39, 0.29) is 28.7 Å². The molecule has 2 bridgehead atoms. The summed E-state index contributed by atoms with van der Waals surface area (Å²) in [6.45, 7) is 6.79. The van der Waals surface area contributed by atoms with E-state index in [0.717, 1.165) is 27.4 Å². The quantitative estimate of drug-likeness (QED) is 0.282. The van der Waals surface area contributed by atoms with Crippen LogP contribution >= 0.6 is 23.1 Å². The summed E-state index contributed by atoms with van der Waals surface area (Å²) >= 11 is 3.25. The summed E-state index contributed by atoms with van der Waals surface area (Å²) in [5.41, 5.74) is 3.54. The van der Waals surface area contributed by atoms with Crippen molar-refractivity contribution >= 4 is 45.5 Å². The second kappa shape index (κ2) is 9.38. The number of nitrogens with one attached hydrogen (secondary N) is 1. The lowest BCUT2D eigenvalue weighted by Gasteiger charge is -2.40. The molecule has 1 amide bonds. The lowest BCUT2D eigenvalue weighted by molar-refractivity contribution is -0.116. The van der Waals surface area contributed by atoms with Gasteiger partial charge in [-0.25, -0.2) is 0 Å². The first-order valence-corrected chi connectivity index (χ1v) is 15.8. The maximum absolute atomic E-state index is 13.5. The third-order valence-electron chi connectivity index (χ3n) is 9.19. The first-order valence-electron chi connectivity index (χ1n) is 14.1. The molecule has 2 aliphatic carbocycles. The van der Waals surface area contributed by atoms with Crippen LogP contribution in [0.5, 0.6) is 0 Å². The number of fused-ring (bicyclic) bond motifs is 7. The fraction of sp³-hybridized carbons (Fsp3) is 0.394. The van der Waals surface area contributed by atoms with Gasteiger partial charge in [-0.3, -0.25) is 14.2 Å². The van der Waals surface area contributed by atoms with E-state index in [1.807, 2.05) is 54.2 Å². The highest BCUT2D eigenvalue weighted by Gasteiger charge is 2.55. The van der Waals surface area contributed by atoms with Crippen molar-refractivity contribution < 1.29 is 4.79 Å². The average molecular weight is 555 g/mol. The van der Waals surface area contributed by atoms with Crippen LogP contribution in [-0.4, -0.2) is 15.7 Å². The standard InChI is InChI=1S/C33H34N2O2S2/c1-33(2,3)23-15-13-20(14-16-23)27-28-21-11-12-22(17-21)29(28)38-31-30(27)39-32(37)35(31)18-26(36)34-25-10-6-8-19-7-4-5-9-24(19)25/h4-10,13-16,21-22,27-29H,11-12,17-18H2,1-3H3,(H,34,36)/t21?,22?,27-,28?,29?/m1/s1. The molecule has 3 aliphatic rings. The number of aromatic nitrogens is 1. The van der Waals surface area contributed by atoms with Gasteiger partial charge in [0.15, 0.2) is 0 Å². The Hall–Kier alpha value is -2.83. The maximum atomic E-state index is 13.5. The Bertz CT molecular complexity index is 1620. The van der Waals surface area contributed by atoms with E-state index in [1.165, 1.54) is 46.6 Å². The summed E-state index contributed by atoms with van der Waals surface area (Å²) in [5, 5.41) is 6.72. The van der Waals surface area contributed by atoms with E-state index in [2.05, 4.69) is 50.4 Å². The van der Waals surface area contributed by atoms with Gasteiger partial charge in [-0.1, -0.05) is 92.8 Å². The van der Waals surface area contributed by atoms with Gasteiger partial charge >= 0.3 is 4.87 Å². The summed E-state index contributed by atoms with van der Waals surface area (Å²) in [6.07, 6.45) is 3.90. The van der Waals surface area contributed by atoms with Crippen LogP contribution in [-0.2, 0) is 16.8 Å². The number of hydrogen-bond donors (Lipinski definition) is 1. The van der Waals surface area contributed by atoms with Crippen LogP contribution in [0.4, 0.5) is 5.69 Å². The van der Waals surface area contributed by atoms with Gasteiger partial charge < -0.3 is 5.32 Å². The molecule has 0 radical (unpaired) electrons. The number of thioether (sulfide) groups is 1. The molecule has 3 aromatic carbocycles. The summed E-state index contributed by atoms with van der Waals surface area (Å²) in [4.78, 5) is 27.9. The molecule has 4 nitrogen and oxygen atoms in total. The molecular weight excluding hydrogens is 521 g/mol. The molecule has 2 fully saturated rings. The molecule has 1 aromatic heterocycles. The van der Waals surface area contributed by atoms with Crippen LogP contribution in [0.3, 0.4) is 0 Å². The predicted octanol–water partition coefficient (Wildman–Crippen LogP) is 7.65. The van der Waals surface area contributed by atoms with Crippen LogP contribution in [0.15, 0.2) is 76.6 Å². The van der Waals surface area contributed by atoms with Gasteiger partial charge in [0.2, 0.25) is 5.91 Å². The van der Waals surface area contributed by atoms with Crippen LogP contribution in [0.25, 0.3) is 10.8 Å². The molecule has 200 valence electrons. The van der Waals surface area contributed by atoms with E-state index in [0.29, 0.717) is 17.1 Å². The minimum absolute atomic E-state index is 0.0239. The molecule has 4 aromatic rings. The van der Waals surface area contributed by atoms with Crippen molar-refractivity contribution in [2.45, 2.75) is 68.2 Å². The fourth-order valence-corrected chi connectivity index (χ4v) is 10.5. The molecule has 5 atom stereocenters. The summed E-state index contributed by atoms with van der Waals surface area (Å²) in [7, 11) is 0.